The smallest absolute Gasteiger partial charge is 0.407 e. The molecule has 0 saturated carbocycles. The van der Waals surface area contributed by atoms with Crippen molar-refractivity contribution in [2.45, 2.75) is 18.4 Å². The Hall–Kier alpha value is -3.39. The molecule has 1 heterocycles. The van der Waals surface area contributed by atoms with Crippen LogP contribution in [0.2, 0.25) is 0 Å². The van der Waals surface area contributed by atoms with E-state index in [1.807, 2.05) is 36.4 Å². The van der Waals surface area contributed by atoms with Crippen LogP contribution >= 0.6 is 0 Å². The Morgan fingerprint density at radius 1 is 1.06 bits per heavy atom. The van der Waals surface area contributed by atoms with Gasteiger partial charge < -0.3 is 24.8 Å². The second kappa shape index (κ2) is 9.18. The number of hydrogen-bond donors (Lipinski definition) is 2. The lowest BCUT2D eigenvalue weighted by Crippen LogP contribution is -2.52. The molecule has 2 aromatic carbocycles. The largest absolute Gasteiger partial charge is 0.481 e. The average Bonchev–Trinajstić information content (AvgIpc) is 3.10. The summed E-state index contributed by atoms with van der Waals surface area (Å²) in [6, 6.07) is 15.5. The summed E-state index contributed by atoms with van der Waals surface area (Å²) in [5.41, 5.74) is 4.49. The van der Waals surface area contributed by atoms with E-state index >= 15 is 0 Å². The number of carbonyl (C=O) groups is 3. The average molecular weight is 424 g/mol. The van der Waals surface area contributed by atoms with Gasteiger partial charge in [-0.3, -0.25) is 9.59 Å². The number of amides is 2. The molecule has 2 aliphatic rings. The first-order valence-corrected chi connectivity index (χ1v) is 10.2. The molecule has 1 atom stereocenters. The zero-order valence-electron chi connectivity index (χ0n) is 17.0. The Morgan fingerprint density at radius 2 is 1.71 bits per heavy atom. The van der Waals surface area contributed by atoms with Gasteiger partial charge in [0.1, 0.15) is 13.2 Å². The number of benzene rings is 2. The van der Waals surface area contributed by atoms with Crippen molar-refractivity contribution in [3.63, 3.8) is 0 Å². The van der Waals surface area contributed by atoms with Crippen molar-refractivity contribution in [1.82, 2.24) is 10.2 Å². The second-order valence-corrected chi connectivity index (χ2v) is 7.59. The van der Waals surface area contributed by atoms with Crippen LogP contribution in [0.3, 0.4) is 0 Å². The zero-order chi connectivity index (χ0) is 21.8. The molecule has 0 spiro atoms. The Morgan fingerprint density at radius 3 is 2.35 bits per heavy atom. The number of nitrogens with zero attached hydrogens (tertiary/aromatic N) is 1. The summed E-state index contributed by atoms with van der Waals surface area (Å²) in [7, 11) is 0. The molecule has 31 heavy (non-hydrogen) atoms. The summed E-state index contributed by atoms with van der Waals surface area (Å²) < 4.78 is 10.7. The van der Waals surface area contributed by atoms with E-state index in [1.165, 1.54) is 4.90 Å². The minimum Gasteiger partial charge on any atom is -0.481 e. The molecule has 8 nitrogen and oxygen atoms in total. The van der Waals surface area contributed by atoms with E-state index in [4.69, 9.17) is 14.6 Å². The first-order chi connectivity index (χ1) is 15.0. The molecule has 2 N–H and O–H groups in total. The summed E-state index contributed by atoms with van der Waals surface area (Å²) in [5, 5.41) is 11.5. The van der Waals surface area contributed by atoms with E-state index in [-0.39, 0.29) is 38.0 Å². The highest BCUT2D eigenvalue weighted by molar-refractivity contribution is 5.83. The van der Waals surface area contributed by atoms with Crippen LogP contribution < -0.4 is 5.32 Å². The molecule has 1 unspecified atom stereocenters. The van der Waals surface area contributed by atoms with Gasteiger partial charge >= 0.3 is 12.1 Å². The van der Waals surface area contributed by atoms with Gasteiger partial charge in [-0.15, -0.1) is 0 Å². The predicted molar refractivity (Wildman–Crippen MR) is 112 cm³/mol. The highest BCUT2D eigenvalue weighted by Crippen LogP contribution is 2.44. The Labute approximate surface area is 179 Å². The topological polar surface area (TPSA) is 105 Å². The molecule has 1 saturated heterocycles. The van der Waals surface area contributed by atoms with Crippen molar-refractivity contribution in [1.29, 1.82) is 0 Å². The number of carboxylic acid groups (broad SMARTS) is 1. The van der Waals surface area contributed by atoms with Crippen LogP contribution in [-0.4, -0.2) is 66.9 Å². The molecular weight excluding hydrogens is 400 g/mol. The first kappa shape index (κ1) is 20.9. The van der Waals surface area contributed by atoms with E-state index in [2.05, 4.69) is 17.4 Å². The standard InChI is InChI=1S/C23H24N2O6/c26-21(25-9-10-30-13-15(25)11-22(27)28)12-24-23(29)31-14-20-18-7-3-1-5-16(18)17-6-2-4-8-19(17)20/h1-8,15,20H,9-14H2,(H,24,29)(H,27,28). The first-order valence-electron chi connectivity index (χ1n) is 10.2. The fourth-order valence-electron chi connectivity index (χ4n) is 4.25. The number of aliphatic carboxylic acids is 1. The van der Waals surface area contributed by atoms with Gasteiger partial charge in [-0.05, 0) is 22.3 Å². The minimum atomic E-state index is -1.00. The quantitative estimate of drug-likeness (QED) is 0.737. The number of rotatable bonds is 6. The van der Waals surface area contributed by atoms with Crippen LogP contribution in [0.5, 0.6) is 0 Å². The normalized spacial score (nSPS) is 17.5. The molecule has 0 radical (unpaired) electrons. The highest BCUT2D eigenvalue weighted by Gasteiger charge is 2.30. The number of fused-ring (bicyclic) bond motifs is 3. The van der Waals surface area contributed by atoms with E-state index < -0.39 is 18.1 Å². The Kier molecular flexibility index (Phi) is 6.18. The lowest BCUT2D eigenvalue weighted by atomic mass is 9.98. The van der Waals surface area contributed by atoms with Crippen molar-refractivity contribution in [3.05, 3.63) is 59.7 Å². The maximum absolute atomic E-state index is 12.5. The minimum absolute atomic E-state index is 0.0620. The Bertz CT molecular complexity index is 946. The fourth-order valence-corrected chi connectivity index (χ4v) is 4.25. The molecule has 8 heteroatoms. The van der Waals surface area contributed by atoms with Gasteiger partial charge in [0.2, 0.25) is 5.91 Å². The van der Waals surface area contributed by atoms with Crippen LogP contribution in [0.15, 0.2) is 48.5 Å². The van der Waals surface area contributed by atoms with Crippen LogP contribution in [0.25, 0.3) is 11.1 Å². The predicted octanol–water partition coefficient (Wildman–Crippen LogP) is 2.23. The summed E-state index contributed by atoms with van der Waals surface area (Å²) in [6.45, 7) is 0.707. The maximum atomic E-state index is 12.5. The third-order valence-electron chi connectivity index (χ3n) is 5.69. The second-order valence-electron chi connectivity index (χ2n) is 7.59. The number of carboxylic acids is 1. The maximum Gasteiger partial charge on any atom is 0.407 e. The summed E-state index contributed by atoms with van der Waals surface area (Å²) in [6.07, 6.45) is -0.880. The van der Waals surface area contributed by atoms with Crippen molar-refractivity contribution in [2.75, 3.05) is 32.9 Å². The van der Waals surface area contributed by atoms with Gasteiger partial charge in [0.25, 0.3) is 0 Å². The number of nitrogens with one attached hydrogen (secondary N) is 1. The van der Waals surface area contributed by atoms with E-state index in [0.29, 0.717) is 13.2 Å². The molecule has 0 aromatic heterocycles. The molecule has 2 amide bonds. The number of morpholine rings is 1. The number of carbonyl (C=O) groups excluding carboxylic acids is 2. The van der Waals surface area contributed by atoms with Gasteiger partial charge in [-0.2, -0.15) is 0 Å². The van der Waals surface area contributed by atoms with Crippen molar-refractivity contribution in [2.24, 2.45) is 0 Å². The van der Waals surface area contributed by atoms with Gasteiger partial charge in [-0.1, -0.05) is 48.5 Å². The molecule has 2 aromatic rings. The van der Waals surface area contributed by atoms with Crippen molar-refractivity contribution in [3.8, 4) is 11.1 Å². The van der Waals surface area contributed by atoms with Gasteiger partial charge in [0.05, 0.1) is 25.7 Å². The van der Waals surface area contributed by atoms with Gasteiger partial charge in [-0.25, -0.2) is 4.79 Å². The third kappa shape index (κ3) is 4.54. The van der Waals surface area contributed by atoms with E-state index in [0.717, 1.165) is 22.3 Å². The third-order valence-corrected chi connectivity index (χ3v) is 5.69. The SMILES string of the molecule is O=C(O)CC1COCCN1C(=O)CNC(=O)OCC1c2ccccc2-c2ccccc21. The molecule has 1 aliphatic carbocycles. The monoisotopic (exact) mass is 424 g/mol. The number of ether oxygens (including phenoxy) is 2. The van der Waals surface area contributed by atoms with Crippen molar-refractivity contribution < 1.29 is 29.0 Å². The lowest BCUT2D eigenvalue weighted by molar-refractivity contribution is -0.145. The van der Waals surface area contributed by atoms with E-state index in [1.54, 1.807) is 0 Å². The summed E-state index contributed by atoms with van der Waals surface area (Å²) in [5.74, 6) is -1.42. The van der Waals surface area contributed by atoms with Gasteiger partial charge in [0.15, 0.2) is 0 Å². The molecule has 162 valence electrons. The summed E-state index contributed by atoms with van der Waals surface area (Å²) in [4.78, 5) is 37.2. The molecular formula is C23H24N2O6. The van der Waals surface area contributed by atoms with Crippen LogP contribution in [-0.2, 0) is 19.1 Å². The molecule has 0 bridgehead atoms. The fraction of sp³-hybridized carbons (Fsp3) is 0.348. The van der Waals surface area contributed by atoms with Crippen molar-refractivity contribution >= 4 is 18.0 Å². The van der Waals surface area contributed by atoms with Crippen LogP contribution in [0.1, 0.15) is 23.5 Å². The van der Waals surface area contributed by atoms with Crippen LogP contribution in [0.4, 0.5) is 4.79 Å². The zero-order valence-corrected chi connectivity index (χ0v) is 17.0. The lowest BCUT2D eigenvalue weighted by Gasteiger charge is -2.34. The van der Waals surface area contributed by atoms with Crippen LogP contribution in [0, 0.1) is 0 Å². The molecule has 1 aliphatic heterocycles. The summed E-state index contributed by atoms with van der Waals surface area (Å²) >= 11 is 0. The molecule has 4 rings (SSSR count). The number of alkyl carbamates (subject to hydrolysis) is 1. The van der Waals surface area contributed by atoms with Gasteiger partial charge in [0, 0.05) is 12.5 Å². The Balaban J connectivity index is 1.33. The highest BCUT2D eigenvalue weighted by atomic mass is 16.5. The molecule has 1 fully saturated rings. The van der Waals surface area contributed by atoms with E-state index in [9.17, 15) is 14.4 Å². The number of hydrogen-bond acceptors (Lipinski definition) is 5.